The number of amides is 1. The number of halogens is 1. The Morgan fingerprint density at radius 1 is 1.17 bits per heavy atom. The molecular weight excluding hydrogens is 483 g/mol. The van der Waals surface area contributed by atoms with Gasteiger partial charge < -0.3 is 25.4 Å². The number of carbonyl (C=O) groups is 1. The Hall–Kier alpha value is -0.770. The van der Waals surface area contributed by atoms with Crippen molar-refractivity contribution in [3.8, 4) is 0 Å². The summed E-state index contributed by atoms with van der Waals surface area (Å²) in [5.74, 6) is 1.11. The second-order valence-corrected chi connectivity index (χ2v) is 9.56. The number of ether oxygens (including phenoxy) is 1. The van der Waals surface area contributed by atoms with Crippen molar-refractivity contribution >= 4 is 36.0 Å². The van der Waals surface area contributed by atoms with Gasteiger partial charge in [0.1, 0.15) is 5.60 Å². The van der Waals surface area contributed by atoms with Crippen LogP contribution in [-0.4, -0.2) is 65.0 Å². The monoisotopic (exact) mass is 522 g/mol. The predicted octanol–water partition coefficient (Wildman–Crippen LogP) is 3.25. The Balaban J connectivity index is 0.00000300. The Kier molecular flexibility index (Phi) is 8.87. The second kappa shape index (κ2) is 10.5. The number of piperidine rings is 1. The average Bonchev–Trinajstić information content (AvgIpc) is 3.12. The summed E-state index contributed by atoms with van der Waals surface area (Å²) < 4.78 is 5.63. The fourth-order valence-corrected chi connectivity index (χ4v) is 4.86. The van der Waals surface area contributed by atoms with E-state index in [1.54, 1.807) is 0 Å². The maximum atomic E-state index is 12.6. The summed E-state index contributed by atoms with van der Waals surface area (Å²) >= 11 is 0. The van der Waals surface area contributed by atoms with Gasteiger partial charge in [-0.2, -0.15) is 0 Å². The van der Waals surface area contributed by atoms with Crippen LogP contribution in [0.25, 0.3) is 0 Å². The standard InChI is InChI=1S/C21H38N4O3.HI/c1-5-22-19(23-13-14-7-6-8-18(14)26)24-15-11-16-9-10-17(12-15)25(16)20(27)28-21(2,3)4;/h14-18,26H,5-13H2,1-4H3,(H2,22,23,24);1H. The van der Waals surface area contributed by atoms with Crippen molar-refractivity contribution in [3.05, 3.63) is 0 Å². The van der Waals surface area contributed by atoms with Crippen molar-refractivity contribution in [1.29, 1.82) is 0 Å². The minimum Gasteiger partial charge on any atom is -0.444 e. The molecule has 0 spiro atoms. The van der Waals surface area contributed by atoms with E-state index in [2.05, 4.69) is 17.6 Å². The average molecular weight is 522 g/mol. The molecule has 4 atom stereocenters. The van der Waals surface area contributed by atoms with Crippen LogP contribution in [-0.2, 0) is 4.74 Å². The van der Waals surface area contributed by atoms with Gasteiger partial charge in [-0.15, -0.1) is 24.0 Å². The van der Waals surface area contributed by atoms with Crippen molar-refractivity contribution in [1.82, 2.24) is 15.5 Å². The van der Waals surface area contributed by atoms with Gasteiger partial charge in [0.25, 0.3) is 0 Å². The molecule has 2 heterocycles. The lowest BCUT2D eigenvalue weighted by molar-refractivity contribution is 0.00545. The highest BCUT2D eigenvalue weighted by molar-refractivity contribution is 14.0. The number of aliphatic imine (C=N–C) groups is 1. The molecule has 1 saturated carbocycles. The lowest BCUT2D eigenvalue weighted by atomic mass is 9.98. The van der Waals surface area contributed by atoms with E-state index in [1.807, 2.05) is 25.7 Å². The van der Waals surface area contributed by atoms with Gasteiger partial charge in [0, 0.05) is 37.1 Å². The number of rotatable bonds is 4. The normalized spacial score (nSPS) is 32.0. The van der Waals surface area contributed by atoms with Gasteiger partial charge in [0.05, 0.1) is 6.10 Å². The van der Waals surface area contributed by atoms with Crippen LogP contribution in [0, 0.1) is 5.92 Å². The molecule has 3 N–H and O–H groups in total. The van der Waals surface area contributed by atoms with E-state index in [4.69, 9.17) is 9.73 Å². The number of hydrogen-bond donors (Lipinski definition) is 3. The fraction of sp³-hybridized carbons (Fsp3) is 0.905. The van der Waals surface area contributed by atoms with E-state index in [0.717, 1.165) is 57.5 Å². The zero-order valence-corrected chi connectivity index (χ0v) is 20.6. The Labute approximate surface area is 192 Å². The van der Waals surface area contributed by atoms with Crippen LogP contribution < -0.4 is 10.6 Å². The van der Waals surface area contributed by atoms with E-state index in [-0.39, 0.29) is 54.2 Å². The van der Waals surface area contributed by atoms with Crippen LogP contribution in [0.1, 0.15) is 72.6 Å². The number of aliphatic hydroxyl groups excluding tert-OH is 1. The summed E-state index contributed by atoms with van der Waals surface area (Å²) in [5, 5.41) is 17.0. The third-order valence-electron chi connectivity index (χ3n) is 6.13. The first-order valence-corrected chi connectivity index (χ1v) is 11.0. The molecule has 0 radical (unpaired) electrons. The van der Waals surface area contributed by atoms with Crippen molar-refractivity contribution in [2.24, 2.45) is 10.9 Å². The SMILES string of the molecule is CCNC(=NCC1CCCC1O)NC1CC2CCC(C1)N2C(=O)OC(C)(C)C.I. The van der Waals surface area contributed by atoms with E-state index in [9.17, 15) is 9.90 Å². The lowest BCUT2D eigenvalue weighted by Gasteiger charge is -2.40. The molecule has 8 heteroatoms. The number of carbonyl (C=O) groups excluding carboxylic acids is 1. The van der Waals surface area contributed by atoms with Crippen LogP contribution in [0.5, 0.6) is 0 Å². The summed E-state index contributed by atoms with van der Waals surface area (Å²) in [4.78, 5) is 19.3. The summed E-state index contributed by atoms with van der Waals surface area (Å²) in [7, 11) is 0. The molecule has 3 fully saturated rings. The minimum atomic E-state index is -0.457. The molecular formula is C21H39IN4O3. The first-order valence-electron chi connectivity index (χ1n) is 11.0. The van der Waals surface area contributed by atoms with Crippen LogP contribution in [0.3, 0.4) is 0 Å². The number of aliphatic hydroxyl groups is 1. The molecule has 168 valence electrons. The lowest BCUT2D eigenvalue weighted by Crippen LogP contribution is -2.55. The zero-order chi connectivity index (χ0) is 20.3. The molecule has 2 bridgehead atoms. The highest BCUT2D eigenvalue weighted by Gasteiger charge is 2.45. The number of nitrogens with zero attached hydrogens (tertiary/aromatic N) is 2. The smallest absolute Gasteiger partial charge is 0.410 e. The predicted molar refractivity (Wildman–Crippen MR) is 126 cm³/mol. The third-order valence-corrected chi connectivity index (χ3v) is 6.13. The zero-order valence-electron chi connectivity index (χ0n) is 18.3. The van der Waals surface area contributed by atoms with E-state index in [0.29, 0.717) is 12.6 Å². The van der Waals surface area contributed by atoms with Crippen molar-refractivity contribution < 1.29 is 14.6 Å². The Bertz CT molecular complexity index is 567. The molecule has 2 saturated heterocycles. The molecule has 7 nitrogen and oxygen atoms in total. The summed E-state index contributed by atoms with van der Waals surface area (Å²) in [6.07, 6.45) is 6.61. The van der Waals surface area contributed by atoms with E-state index >= 15 is 0 Å². The molecule has 3 aliphatic rings. The van der Waals surface area contributed by atoms with Gasteiger partial charge in [0.15, 0.2) is 5.96 Å². The first-order chi connectivity index (χ1) is 13.3. The van der Waals surface area contributed by atoms with E-state index in [1.165, 1.54) is 0 Å². The quantitative estimate of drug-likeness (QED) is 0.300. The largest absolute Gasteiger partial charge is 0.444 e. The van der Waals surface area contributed by atoms with Gasteiger partial charge in [-0.1, -0.05) is 6.42 Å². The van der Waals surface area contributed by atoms with Crippen LogP contribution >= 0.6 is 24.0 Å². The summed E-state index contributed by atoms with van der Waals surface area (Å²) in [5.41, 5.74) is -0.457. The Morgan fingerprint density at radius 3 is 2.34 bits per heavy atom. The molecule has 3 rings (SSSR count). The minimum absolute atomic E-state index is 0. The molecule has 4 unspecified atom stereocenters. The van der Waals surface area contributed by atoms with Crippen molar-refractivity contribution in [2.45, 2.75) is 102 Å². The molecule has 2 aliphatic heterocycles. The van der Waals surface area contributed by atoms with Gasteiger partial charge in [-0.05, 0) is 66.2 Å². The molecule has 0 aromatic carbocycles. The number of nitrogens with one attached hydrogen (secondary N) is 2. The van der Waals surface area contributed by atoms with Crippen LogP contribution in [0.2, 0.25) is 0 Å². The molecule has 0 aromatic heterocycles. The van der Waals surface area contributed by atoms with Gasteiger partial charge >= 0.3 is 6.09 Å². The van der Waals surface area contributed by atoms with Crippen LogP contribution in [0.15, 0.2) is 4.99 Å². The summed E-state index contributed by atoms with van der Waals surface area (Å²) in [6, 6.07) is 0.791. The molecule has 1 amide bonds. The number of guanidine groups is 1. The Morgan fingerprint density at radius 2 is 1.83 bits per heavy atom. The first kappa shape index (κ1) is 24.5. The highest BCUT2D eigenvalue weighted by Crippen LogP contribution is 2.36. The maximum absolute atomic E-state index is 12.6. The number of hydrogen-bond acceptors (Lipinski definition) is 4. The fourth-order valence-electron chi connectivity index (χ4n) is 4.86. The van der Waals surface area contributed by atoms with Crippen molar-refractivity contribution in [3.63, 3.8) is 0 Å². The van der Waals surface area contributed by atoms with E-state index < -0.39 is 5.60 Å². The second-order valence-electron chi connectivity index (χ2n) is 9.56. The van der Waals surface area contributed by atoms with Crippen molar-refractivity contribution in [2.75, 3.05) is 13.1 Å². The highest BCUT2D eigenvalue weighted by atomic mass is 127. The molecule has 29 heavy (non-hydrogen) atoms. The summed E-state index contributed by atoms with van der Waals surface area (Å²) in [6.45, 7) is 9.30. The topological polar surface area (TPSA) is 86.2 Å². The number of fused-ring (bicyclic) bond motifs is 2. The molecule has 1 aliphatic carbocycles. The molecule has 0 aromatic rings. The van der Waals surface area contributed by atoms with Crippen LogP contribution in [0.4, 0.5) is 4.79 Å². The maximum Gasteiger partial charge on any atom is 0.410 e. The third kappa shape index (κ3) is 6.60. The van der Waals surface area contributed by atoms with Gasteiger partial charge in [-0.3, -0.25) is 4.99 Å². The van der Waals surface area contributed by atoms with Gasteiger partial charge in [0.2, 0.25) is 0 Å². The van der Waals surface area contributed by atoms with Gasteiger partial charge in [-0.25, -0.2) is 4.79 Å².